The molecule has 0 spiro atoms. The zero-order valence-corrected chi connectivity index (χ0v) is 13.9. The molecule has 0 aliphatic carbocycles. The van der Waals surface area contributed by atoms with Gasteiger partial charge in [-0.15, -0.1) is 0 Å². The maximum absolute atomic E-state index is 12.4. The fraction of sp³-hybridized carbons (Fsp3) is 0.500. The number of quaternary nitrogens is 1. The Labute approximate surface area is 139 Å². The first kappa shape index (κ1) is 16.8. The molecule has 4 nitrogen and oxygen atoms in total. The van der Waals surface area contributed by atoms with Gasteiger partial charge in [-0.05, 0) is 19.1 Å². The number of morpholine rings is 1. The van der Waals surface area contributed by atoms with Crippen LogP contribution in [0.5, 0.6) is 0 Å². The number of carbonyl (C=O) groups excluding carboxylic acids is 1. The molecular formula is C14H18Cl3N2O2+. The van der Waals surface area contributed by atoms with E-state index in [4.69, 9.17) is 39.5 Å². The number of halogens is 3. The molecule has 1 aromatic carbocycles. The van der Waals surface area contributed by atoms with E-state index in [9.17, 15) is 4.79 Å². The van der Waals surface area contributed by atoms with Crippen LogP contribution in [0, 0.1) is 6.92 Å². The van der Waals surface area contributed by atoms with Crippen LogP contribution < -0.4 is 10.2 Å². The van der Waals surface area contributed by atoms with Crippen molar-refractivity contribution in [2.45, 2.75) is 16.9 Å². The highest BCUT2D eigenvalue weighted by Crippen LogP contribution is 2.28. The molecule has 2 rings (SSSR count). The van der Waals surface area contributed by atoms with Crippen LogP contribution in [-0.2, 0) is 4.74 Å². The van der Waals surface area contributed by atoms with Crippen LogP contribution in [0.15, 0.2) is 24.3 Å². The average molecular weight is 353 g/mol. The summed E-state index contributed by atoms with van der Waals surface area (Å²) in [5, 5.41) is 2.84. The maximum atomic E-state index is 12.4. The van der Waals surface area contributed by atoms with E-state index < -0.39 is 9.96 Å². The van der Waals surface area contributed by atoms with Gasteiger partial charge >= 0.3 is 0 Å². The van der Waals surface area contributed by atoms with E-state index >= 15 is 0 Å². The number of benzene rings is 1. The van der Waals surface area contributed by atoms with Crippen molar-refractivity contribution in [3.05, 3.63) is 35.4 Å². The van der Waals surface area contributed by atoms with Crippen molar-refractivity contribution in [1.29, 1.82) is 0 Å². The Balaban J connectivity index is 2.13. The van der Waals surface area contributed by atoms with E-state index in [1.54, 1.807) is 12.1 Å². The first-order valence-corrected chi connectivity index (χ1v) is 7.88. The Morgan fingerprint density at radius 1 is 1.33 bits per heavy atom. The predicted molar refractivity (Wildman–Crippen MR) is 84.2 cm³/mol. The summed E-state index contributed by atoms with van der Waals surface area (Å²) in [7, 11) is 0. The fourth-order valence-electron chi connectivity index (χ4n) is 2.34. The molecule has 1 heterocycles. The van der Waals surface area contributed by atoms with Crippen LogP contribution in [0.4, 0.5) is 0 Å². The van der Waals surface area contributed by atoms with Gasteiger partial charge < -0.3 is 9.64 Å². The highest BCUT2D eigenvalue weighted by Gasteiger charge is 2.42. The van der Waals surface area contributed by atoms with Crippen LogP contribution in [0.2, 0.25) is 0 Å². The number of nitrogens with one attached hydrogen (secondary N) is 2. The van der Waals surface area contributed by atoms with E-state index in [0.29, 0.717) is 31.9 Å². The van der Waals surface area contributed by atoms with Crippen LogP contribution >= 0.6 is 34.8 Å². The summed E-state index contributed by atoms with van der Waals surface area (Å²) < 4.78 is 3.73. The van der Waals surface area contributed by atoms with Gasteiger partial charge in [-0.2, -0.15) is 0 Å². The molecule has 7 heteroatoms. The highest BCUT2D eigenvalue weighted by atomic mass is 35.6. The van der Waals surface area contributed by atoms with Crippen molar-refractivity contribution >= 4 is 40.7 Å². The molecule has 2 N–H and O–H groups in total. The van der Waals surface area contributed by atoms with E-state index in [0.717, 1.165) is 10.5 Å². The Hall–Kier alpha value is -0.520. The van der Waals surface area contributed by atoms with Crippen LogP contribution in [0.25, 0.3) is 0 Å². The summed E-state index contributed by atoms with van der Waals surface area (Å²) in [6, 6.07) is 7.30. The Morgan fingerprint density at radius 2 is 2.00 bits per heavy atom. The summed E-state index contributed by atoms with van der Waals surface area (Å²) in [5.74, 6) is -0.242. The molecule has 1 aromatic rings. The topological polar surface area (TPSA) is 42.8 Å². The molecular weight excluding hydrogens is 335 g/mol. The number of carbonyl (C=O) groups is 1. The number of alkyl halides is 3. The lowest BCUT2D eigenvalue weighted by molar-refractivity contribution is -0.934. The number of ether oxygens (including phenoxy) is 1. The van der Waals surface area contributed by atoms with E-state index in [1.165, 1.54) is 0 Å². The van der Waals surface area contributed by atoms with Gasteiger partial charge in [0.15, 0.2) is 0 Å². The lowest BCUT2D eigenvalue weighted by Gasteiger charge is -2.35. The Kier molecular flexibility index (Phi) is 5.74. The molecule has 0 bridgehead atoms. The summed E-state index contributed by atoms with van der Waals surface area (Å²) in [6.45, 7) is 4.48. The first-order valence-electron chi connectivity index (χ1n) is 6.74. The zero-order valence-electron chi connectivity index (χ0n) is 11.7. The van der Waals surface area contributed by atoms with Crippen LogP contribution in [0.1, 0.15) is 15.9 Å². The number of aryl methyl sites for hydroxylation is 1. The fourth-order valence-corrected chi connectivity index (χ4v) is 2.96. The van der Waals surface area contributed by atoms with Gasteiger partial charge in [-0.1, -0.05) is 52.5 Å². The highest BCUT2D eigenvalue weighted by molar-refractivity contribution is 6.68. The van der Waals surface area contributed by atoms with Crippen molar-refractivity contribution in [3.8, 4) is 0 Å². The van der Waals surface area contributed by atoms with Gasteiger partial charge in [0, 0.05) is 5.56 Å². The second-order valence-corrected chi connectivity index (χ2v) is 7.46. The second-order valence-electron chi connectivity index (χ2n) is 5.09. The SMILES string of the molecule is Cc1cccc(C(=O)N[C@@H]([NH+]2CCOCC2)C(Cl)(Cl)Cl)c1. The molecule has 21 heavy (non-hydrogen) atoms. The monoisotopic (exact) mass is 351 g/mol. The van der Waals surface area contributed by atoms with Gasteiger partial charge in [0.05, 0.1) is 13.2 Å². The lowest BCUT2D eigenvalue weighted by atomic mass is 10.1. The molecule has 1 atom stereocenters. The normalized spacial score (nSPS) is 18.3. The smallest absolute Gasteiger partial charge is 0.262 e. The number of hydrogen-bond donors (Lipinski definition) is 2. The number of rotatable bonds is 3. The lowest BCUT2D eigenvalue weighted by Crippen LogP contribution is -3.21. The van der Waals surface area contributed by atoms with Gasteiger partial charge in [0.1, 0.15) is 13.1 Å². The molecule has 1 amide bonds. The summed E-state index contributed by atoms with van der Waals surface area (Å²) in [5.41, 5.74) is 1.56. The molecule has 0 unspecified atom stereocenters. The third-order valence-corrected chi connectivity index (χ3v) is 4.08. The standard InChI is InChI=1S/C14H17Cl3N2O2/c1-10-3-2-4-11(9-10)12(20)18-13(14(15,16)17)19-5-7-21-8-6-19/h2-4,9,13H,5-8H2,1H3,(H,18,20)/p+1/t13-/m0/s1. The molecule has 0 aromatic heterocycles. The third-order valence-electron chi connectivity index (χ3n) is 3.43. The van der Waals surface area contributed by atoms with Gasteiger partial charge in [-0.25, -0.2) is 0 Å². The van der Waals surface area contributed by atoms with Crippen LogP contribution in [0.3, 0.4) is 0 Å². The summed E-state index contributed by atoms with van der Waals surface area (Å²) in [6.07, 6.45) is -0.612. The molecule has 1 aliphatic rings. The third kappa shape index (κ3) is 4.73. The van der Waals surface area contributed by atoms with Gasteiger partial charge in [0.2, 0.25) is 6.17 Å². The Bertz CT molecular complexity index is 499. The molecule has 1 fully saturated rings. The van der Waals surface area contributed by atoms with Crippen molar-refractivity contribution in [3.63, 3.8) is 0 Å². The minimum Gasteiger partial charge on any atom is -0.370 e. The average Bonchev–Trinajstić information content (AvgIpc) is 2.44. The zero-order chi connectivity index (χ0) is 15.5. The minimum atomic E-state index is -1.58. The number of hydrogen-bond acceptors (Lipinski definition) is 2. The maximum Gasteiger partial charge on any atom is 0.262 e. The largest absolute Gasteiger partial charge is 0.370 e. The predicted octanol–water partition coefficient (Wildman–Crippen LogP) is 1.34. The van der Waals surface area contributed by atoms with Gasteiger partial charge in [0.25, 0.3) is 9.70 Å². The van der Waals surface area contributed by atoms with Crippen molar-refractivity contribution in [2.24, 2.45) is 0 Å². The van der Waals surface area contributed by atoms with Crippen molar-refractivity contribution < 1.29 is 14.4 Å². The molecule has 116 valence electrons. The first-order chi connectivity index (χ1) is 9.88. The molecule has 1 aliphatic heterocycles. The van der Waals surface area contributed by atoms with Crippen LogP contribution in [-0.4, -0.2) is 42.2 Å². The minimum absolute atomic E-state index is 0.242. The van der Waals surface area contributed by atoms with Gasteiger partial charge in [-0.3, -0.25) is 10.1 Å². The summed E-state index contributed by atoms with van der Waals surface area (Å²) in [4.78, 5) is 13.4. The van der Waals surface area contributed by atoms with E-state index in [1.807, 2.05) is 19.1 Å². The van der Waals surface area contributed by atoms with Crippen molar-refractivity contribution in [2.75, 3.05) is 26.3 Å². The van der Waals surface area contributed by atoms with E-state index in [2.05, 4.69) is 5.32 Å². The second kappa shape index (κ2) is 7.16. The Morgan fingerprint density at radius 3 is 2.57 bits per heavy atom. The number of amides is 1. The molecule has 1 saturated heterocycles. The summed E-state index contributed by atoms with van der Waals surface area (Å²) >= 11 is 18.1. The quantitative estimate of drug-likeness (QED) is 0.806. The van der Waals surface area contributed by atoms with E-state index in [-0.39, 0.29) is 5.91 Å². The van der Waals surface area contributed by atoms with Crippen molar-refractivity contribution in [1.82, 2.24) is 5.32 Å². The molecule has 0 radical (unpaired) electrons. The molecule has 0 saturated carbocycles.